The van der Waals surface area contributed by atoms with Gasteiger partial charge in [0.05, 0.1) is 13.5 Å². The second-order valence-corrected chi connectivity index (χ2v) is 6.00. The second kappa shape index (κ2) is 7.87. The normalized spacial score (nSPS) is 10.7. The van der Waals surface area contributed by atoms with Gasteiger partial charge in [0.1, 0.15) is 5.75 Å². The summed E-state index contributed by atoms with van der Waals surface area (Å²) in [6, 6.07) is 13.0. The molecule has 0 aliphatic carbocycles. The number of para-hydroxylation sites is 1. The molecule has 2 aromatic carbocycles. The Bertz CT molecular complexity index is 925. The third-order valence-corrected chi connectivity index (χ3v) is 4.35. The van der Waals surface area contributed by atoms with Crippen LogP contribution >= 0.6 is 0 Å². The first-order chi connectivity index (χ1) is 12.6. The topological polar surface area (TPSA) is 68.4 Å². The summed E-state index contributed by atoms with van der Waals surface area (Å²) in [6.07, 6.45) is 2.68. The van der Waals surface area contributed by atoms with Gasteiger partial charge in [-0.05, 0) is 29.7 Å². The smallest absolute Gasteiger partial charge is 0.310 e. The summed E-state index contributed by atoms with van der Waals surface area (Å²) in [4.78, 5) is 27.6. The van der Waals surface area contributed by atoms with E-state index in [4.69, 9.17) is 9.47 Å². The maximum atomic E-state index is 12.4. The van der Waals surface area contributed by atoms with E-state index in [9.17, 15) is 9.59 Å². The Morgan fingerprint density at radius 1 is 1.08 bits per heavy atom. The lowest BCUT2D eigenvalue weighted by Crippen LogP contribution is -2.15. The summed E-state index contributed by atoms with van der Waals surface area (Å²) in [7, 11) is 1.59. The van der Waals surface area contributed by atoms with Gasteiger partial charge in [0.2, 0.25) is 5.78 Å². The number of aromatic nitrogens is 1. The van der Waals surface area contributed by atoms with Crippen LogP contribution in [-0.2, 0) is 22.4 Å². The number of ketones is 1. The molecule has 1 N–H and O–H groups in total. The molecule has 0 aliphatic rings. The van der Waals surface area contributed by atoms with Crippen molar-refractivity contribution in [3.63, 3.8) is 0 Å². The van der Waals surface area contributed by atoms with Crippen molar-refractivity contribution in [1.29, 1.82) is 0 Å². The summed E-state index contributed by atoms with van der Waals surface area (Å²) in [5.41, 5.74) is 3.47. The molecule has 3 rings (SSSR count). The second-order valence-electron chi connectivity index (χ2n) is 6.00. The van der Waals surface area contributed by atoms with Crippen molar-refractivity contribution >= 4 is 22.7 Å². The van der Waals surface area contributed by atoms with Gasteiger partial charge < -0.3 is 14.5 Å². The first-order valence-corrected chi connectivity index (χ1v) is 8.53. The molecule has 5 nitrogen and oxygen atoms in total. The third-order valence-electron chi connectivity index (χ3n) is 4.35. The summed E-state index contributed by atoms with van der Waals surface area (Å²) in [6.45, 7) is 1.80. The molecule has 5 heteroatoms. The number of nitrogens with one attached hydrogen (secondary N) is 1. The predicted molar refractivity (Wildman–Crippen MR) is 99.7 cm³/mol. The van der Waals surface area contributed by atoms with Gasteiger partial charge in [-0.15, -0.1) is 0 Å². The predicted octanol–water partition coefficient (Wildman–Crippen LogP) is 3.71. The molecule has 26 heavy (non-hydrogen) atoms. The van der Waals surface area contributed by atoms with Crippen LogP contribution in [0, 0.1) is 0 Å². The number of carbonyl (C=O) groups excluding carboxylic acids is 2. The Morgan fingerprint density at radius 2 is 1.85 bits per heavy atom. The Hall–Kier alpha value is -3.08. The first-order valence-electron chi connectivity index (χ1n) is 8.53. The number of carbonyl (C=O) groups is 2. The molecule has 0 saturated heterocycles. The molecule has 134 valence electrons. The van der Waals surface area contributed by atoms with Gasteiger partial charge in [-0.25, -0.2) is 0 Å². The number of rotatable bonds is 7. The number of aromatic amines is 1. The minimum absolute atomic E-state index is 0.116. The monoisotopic (exact) mass is 351 g/mol. The molecule has 0 saturated carbocycles. The minimum atomic E-state index is -0.433. The maximum absolute atomic E-state index is 12.4. The number of benzene rings is 2. The van der Waals surface area contributed by atoms with Gasteiger partial charge in [0.25, 0.3) is 0 Å². The third kappa shape index (κ3) is 3.77. The summed E-state index contributed by atoms with van der Waals surface area (Å²) >= 11 is 0. The number of ether oxygens (including phenoxy) is 2. The summed E-state index contributed by atoms with van der Waals surface area (Å²) in [5.74, 6) is 0.0771. The van der Waals surface area contributed by atoms with Crippen molar-refractivity contribution in [2.24, 2.45) is 0 Å². The highest BCUT2D eigenvalue weighted by Crippen LogP contribution is 2.22. The van der Waals surface area contributed by atoms with E-state index in [0.29, 0.717) is 5.56 Å². The molecule has 0 fully saturated rings. The van der Waals surface area contributed by atoms with Gasteiger partial charge in [-0.2, -0.15) is 0 Å². The highest BCUT2D eigenvalue weighted by Gasteiger charge is 2.15. The molecule has 0 unspecified atom stereocenters. The summed E-state index contributed by atoms with van der Waals surface area (Å²) < 4.78 is 10.2. The van der Waals surface area contributed by atoms with Gasteiger partial charge in [0, 0.05) is 22.7 Å². The minimum Gasteiger partial charge on any atom is -0.497 e. The van der Waals surface area contributed by atoms with E-state index in [1.165, 1.54) is 0 Å². The van der Waals surface area contributed by atoms with E-state index in [-0.39, 0.29) is 18.8 Å². The average Bonchev–Trinajstić information content (AvgIpc) is 3.11. The Kier molecular flexibility index (Phi) is 5.37. The molecule has 0 aliphatic heterocycles. The molecule has 1 aromatic heterocycles. The van der Waals surface area contributed by atoms with E-state index in [0.717, 1.165) is 34.2 Å². The fourth-order valence-electron chi connectivity index (χ4n) is 2.93. The standard InChI is InChI=1S/C21H21NO4/c1-3-15-5-4-6-17-18(12-22-21(15)17)19(23)13-26-20(24)11-14-7-9-16(25-2)10-8-14/h4-10,12,22H,3,11,13H2,1-2H3. The molecule has 1 heterocycles. The van der Waals surface area contributed by atoms with Crippen LogP contribution in [0.2, 0.25) is 0 Å². The van der Waals surface area contributed by atoms with Crippen LogP contribution < -0.4 is 4.74 Å². The number of fused-ring (bicyclic) bond motifs is 1. The van der Waals surface area contributed by atoms with Crippen LogP contribution in [0.25, 0.3) is 10.9 Å². The van der Waals surface area contributed by atoms with Crippen LogP contribution in [-0.4, -0.2) is 30.5 Å². The molecule has 0 atom stereocenters. The van der Waals surface area contributed by atoms with Crippen molar-refractivity contribution in [2.45, 2.75) is 19.8 Å². The molecule has 0 radical (unpaired) electrons. The largest absolute Gasteiger partial charge is 0.497 e. The fraction of sp³-hybridized carbons (Fsp3) is 0.238. The van der Waals surface area contributed by atoms with Crippen molar-refractivity contribution in [3.05, 3.63) is 65.4 Å². The molecular formula is C21H21NO4. The Labute approximate surface area is 151 Å². The van der Waals surface area contributed by atoms with E-state index in [1.54, 1.807) is 37.6 Å². The van der Waals surface area contributed by atoms with Crippen LogP contribution in [0.5, 0.6) is 5.75 Å². The number of aryl methyl sites for hydroxylation is 1. The lowest BCUT2D eigenvalue weighted by Gasteiger charge is -2.05. The lowest BCUT2D eigenvalue weighted by atomic mass is 10.1. The van der Waals surface area contributed by atoms with Crippen molar-refractivity contribution < 1.29 is 19.1 Å². The van der Waals surface area contributed by atoms with E-state index in [1.807, 2.05) is 18.2 Å². The number of Topliss-reactive ketones (excluding diaryl/α,β-unsaturated/α-hetero) is 1. The molecule has 0 bridgehead atoms. The zero-order chi connectivity index (χ0) is 18.5. The summed E-state index contributed by atoms with van der Waals surface area (Å²) in [5, 5.41) is 0.862. The lowest BCUT2D eigenvalue weighted by molar-refractivity contribution is -0.141. The Morgan fingerprint density at radius 3 is 2.54 bits per heavy atom. The van der Waals surface area contributed by atoms with E-state index < -0.39 is 5.97 Å². The van der Waals surface area contributed by atoms with E-state index in [2.05, 4.69) is 11.9 Å². The Balaban J connectivity index is 1.62. The van der Waals surface area contributed by atoms with Gasteiger partial charge >= 0.3 is 5.97 Å². The molecule has 3 aromatic rings. The van der Waals surface area contributed by atoms with Crippen molar-refractivity contribution in [1.82, 2.24) is 4.98 Å². The first kappa shape index (κ1) is 17.7. The van der Waals surface area contributed by atoms with Gasteiger partial charge in [-0.3, -0.25) is 9.59 Å². The van der Waals surface area contributed by atoms with Crippen LogP contribution in [0.3, 0.4) is 0 Å². The van der Waals surface area contributed by atoms with Crippen LogP contribution in [0.4, 0.5) is 0 Å². The molecule has 0 amide bonds. The number of methoxy groups -OCH3 is 1. The average molecular weight is 351 g/mol. The van der Waals surface area contributed by atoms with Crippen molar-refractivity contribution in [2.75, 3.05) is 13.7 Å². The van der Waals surface area contributed by atoms with E-state index >= 15 is 0 Å². The number of esters is 1. The highest BCUT2D eigenvalue weighted by atomic mass is 16.5. The SMILES string of the molecule is CCc1cccc2c(C(=O)COC(=O)Cc3ccc(OC)cc3)c[nH]c12. The van der Waals surface area contributed by atoms with Gasteiger partial charge in [-0.1, -0.05) is 37.3 Å². The van der Waals surface area contributed by atoms with Crippen molar-refractivity contribution in [3.8, 4) is 5.75 Å². The van der Waals surface area contributed by atoms with Crippen LogP contribution in [0.1, 0.15) is 28.4 Å². The fourth-order valence-corrected chi connectivity index (χ4v) is 2.93. The van der Waals surface area contributed by atoms with Gasteiger partial charge in [0.15, 0.2) is 6.61 Å². The quantitative estimate of drug-likeness (QED) is 0.520. The highest BCUT2D eigenvalue weighted by molar-refractivity contribution is 6.09. The molecular weight excluding hydrogens is 330 g/mol. The zero-order valence-electron chi connectivity index (χ0n) is 14.9. The number of hydrogen-bond donors (Lipinski definition) is 1. The number of H-pyrrole nitrogens is 1. The maximum Gasteiger partial charge on any atom is 0.310 e. The van der Waals surface area contributed by atoms with Crippen LogP contribution in [0.15, 0.2) is 48.7 Å². The molecule has 0 spiro atoms. The number of hydrogen-bond acceptors (Lipinski definition) is 4. The zero-order valence-corrected chi connectivity index (χ0v) is 14.9.